The molecule has 0 amide bonds. The lowest BCUT2D eigenvalue weighted by Crippen LogP contribution is -2.15. The standard InChI is InChI=1S/C5H10N4O/c6-4-3-8-9(7)5(4)1-2-10/h3,10H,1-2,6-7H2. The fourth-order valence-corrected chi connectivity index (χ4v) is 0.766. The molecule has 5 nitrogen and oxygen atoms in total. The molecule has 0 fully saturated rings. The smallest absolute Gasteiger partial charge is 0.0869 e. The largest absolute Gasteiger partial charge is 0.396 e. The van der Waals surface area contributed by atoms with Crippen molar-refractivity contribution in [2.24, 2.45) is 0 Å². The number of aliphatic hydroxyl groups excluding tert-OH is 1. The highest BCUT2D eigenvalue weighted by Crippen LogP contribution is 2.07. The summed E-state index contributed by atoms with van der Waals surface area (Å²) in [5.74, 6) is 5.34. The highest BCUT2D eigenvalue weighted by atomic mass is 16.3. The molecule has 0 aliphatic rings. The molecular formula is C5H10N4O. The van der Waals surface area contributed by atoms with Crippen LogP contribution in [0.2, 0.25) is 0 Å². The van der Waals surface area contributed by atoms with Crippen molar-refractivity contribution in [3.8, 4) is 0 Å². The van der Waals surface area contributed by atoms with Crippen LogP contribution >= 0.6 is 0 Å². The maximum Gasteiger partial charge on any atom is 0.0869 e. The fourth-order valence-electron chi connectivity index (χ4n) is 0.766. The highest BCUT2D eigenvalue weighted by Gasteiger charge is 2.03. The third kappa shape index (κ3) is 1.03. The molecule has 0 saturated heterocycles. The normalized spacial score (nSPS) is 10.1. The zero-order valence-corrected chi connectivity index (χ0v) is 5.49. The highest BCUT2D eigenvalue weighted by molar-refractivity contribution is 5.40. The topological polar surface area (TPSA) is 90.1 Å². The lowest BCUT2D eigenvalue weighted by atomic mass is 10.3. The lowest BCUT2D eigenvalue weighted by molar-refractivity contribution is 0.297. The van der Waals surface area contributed by atoms with Gasteiger partial charge in [0.05, 0.1) is 17.6 Å². The van der Waals surface area contributed by atoms with Crippen LogP contribution in [0.3, 0.4) is 0 Å². The summed E-state index contributed by atoms with van der Waals surface area (Å²) in [6.45, 7) is 0.0348. The van der Waals surface area contributed by atoms with Gasteiger partial charge in [0.2, 0.25) is 0 Å². The Labute approximate surface area is 58.2 Å². The molecule has 1 aromatic rings. The molecule has 0 radical (unpaired) electrons. The average molecular weight is 142 g/mol. The molecule has 10 heavy (non-hydrogen) atoms. The first-order chi connectivity index (χ1) is 4.75. The van der Waals surface area contributed by atoms with Crippen molar-refractivity contribution in [1.29, 1.82) is 0 Å². The van der Waals surface area contributed by atoms with Crippen LogP contribution in [-0.2, 0) is 6.42 Å². The van der Waals surface area contributed by atoms with E-state index in [1.54, 1.807) is 0 Å². The number of hydrogen-bond donors (Lipinski definition) is 3. The molecule has 0 aliphatic carbocycles. The van der Waals surface area contributed by atoms with Gasteiger partial charge < -0.3 is 16.7 Å². The Balaban J connectivity index is 2.87. The molecule has 0 aliphatic heterocycles. The molecular weight excluding hydrogens is 132 g/mol. The summed E-state index contributed by atoms with van der Waals surface area (Å²) in [4.78, 5) is 1.17. The molecule has 0 saturated carbocycles. The lowest BCUT2D eigenvalue weighted by Gasteiger charge is -1.98. The molecule has 0 bridgehead atoms. The SMILES string of the molecule is Nc1cnn(N)c1CCO. The van der Waals surface area contributed by atoms with Gasteiger partial charge in [0.25, 0.3) is 0 Å². The Morgan fingerprint density at radius 2 is 2.40 bits per heavy atom. The van der Waals surface area contributed by atoms with Gasteiger partial charge in [-0.05, 0) is 0 Å². The molecule has 5 N–H and O–H groups in total. The first-order valence-electron chi connectivity index (χ1n) is 2.94. The molecule has 56 valence electrons. The van der Waals surface area contributed by atoms with Gasteiger partial charge in [0, 0.05) is 13.0 Å². The van der Waals surface area contributed by atoms with Crippen molar-refractivity contribution >= 4 is 5.69 Å². The summed E-state index contributed by atoms with van der Waals surface area (Å²) in [5.41, 5.74) is 6.65. The Kier molecular flexibility index (Phi) is 1.77. The van der Waals surface area contributed by atoms with Gasteiger partial charge in [-0.15, -0.1) is 0 Å². The zero-order valence-electron chi connectivity index (χ0n) is 5.49. The first-order valence-corrected chi connectivity index (χ1v) is 2.94. The second kappa shape index (κ2) is 2.57. The van der Waals surface area contributed by atoms with Crippen LogP contribution in [0.15, 0.2) is 6.20 Å². The summed E-state index contributed by atoms with van der Waals surface area (Å²) in [6, 6.07) is 0. The van der Waals surface area contributed by atoms with Crippen molar-refractivity contribution in [3.63, 3.8) is 0 Å². The zero-order chi connectivity index (χ0) is 7.56. The van der Waals surface area contributed by atoms with E-state index in [0.717, 1.165) is 0 Å². The fraction of sp³-hybridized carbons (Fsp3) is 0.400. The Hall–Kier alpha value is -1.23. The van der Waals surface area contributed by atoms with E-state index in [0.29, 0.717) is 17.8 Å². The maximum atomic E-state index is 8.53. The van der Waals surface area contributed by atoms with Gasteiger partial charge in [-0.3, -0.25) is 0 Å². The van der Waals surface area contributed by atoms with E-state index in [-0.39, 0.29) is 6.61 Å². The van der Waals surface area contributed by atoms with Crippen molar-refractivity contribution in [1.82, 2.24) is 9.89 Å². The van der Waals surface area contributed by atoms with E-state index in [2.05, 4.69) is 5.10 Å². The first kappa shape index (κ1) is 6.88. The summed E-state index contributed by atoms with van der Waals surface area (Å²) in [7, 11) is 0. The van der Waals surface area contributed by atoms with Crippen LogP contribution in [0.25, 0.3) is 0 Å². The maximum absolute atomic E-state index is 8.53. The number of nitrogens with two attached hydrogens (primary N) is 2. The van der Waals surface area contributed by atoms with Crippen LogP contribution in [-0.4, -0.2) is 21.6 Å². The van der Waals surface area contributed by atoms with Crippen molar-refractivity contribution in [2.45, 2.75) is 6.42 Å². The summed E-state index contributed by atoms with van der Waals surface area (Å²) < 4.78 is 0. The third-order valence-corrected chi connectivity index (χ3v) is 1.28. The molecule has 1 aromatic heterocycles. The van der Waals surface area contributed by atoms with Crippen LogP contribution in [0.4, 0.5) is 5.69 Å². The molecule has 0 spiro atoms. The molecule has 0 aromatic carbocycles. The second-order valence-corrected chi connectivity index (χ2v) is 1.96. The van der Waals surface area contributed by atoms with E-state index >= 15 is 0 Å². The predicted molar refractivity (Wildman–Crippen MR) is 37.6 cm³/mol. The molecule has 0 unspecified atom stereocenters. The quantitative estimate of drug-likeness (QED) is 0.448. The number of rotatable bonds is 2. The summed E-state index contributed by atoms with van der Waals surface area (Å²) >= 11 is 0. The Morgan fingerprint density at radius 1 is 1.70 bits per heavy atom. The number of hydrogen-bond acceptors (Lipinski definition) is 4. The van der Waals surface area contributed by atoms with Gasteiger partial charge in [-0.2, -0.15) is 9.89 Å². The number of aliphatic hydroxyl groups is 1. The monoisotopic (exact) mass is 142 g/mol. The Bertz CT molecular complexity index is 200. The van der Waals surface area contributed by atoms with E-state index in [1.807, 2.05) is 0 Å². The van der Waals surface area contributed by atoms with Crippen molar-refractivity contribution in [3.05, 3.63) is 11.9 Å². The molecule has 1 heterocycles. The van der Waals surface area contributed by atoms with Gasteiger partial charge >= 0.3 is 0 Å². The molecule has 1 rings (SSSR count). The van der Waals surface area contributed by atoms with Crippen molar-refractivity contribution in [2.75, 3.05) is 18.2 Å². The van der Waals surface area contributed by atoms with Crippen LogP contribution < -0.4 is 11.6 Å². The van der Waals surface area contributed by atoms with E-state index in [1.165, 1.54) is 11.0 Å². The third-order valence-electron chi connectivity index (χ3n) is 1.28. The molecule has 5 heteroatoms. The van der Waals surface area contributed by atoms with Crippen LogP contribution in [0.1, 0.15) is 5.69 Å². The van der Waals surface area contributed by atoms with Gasteiger partial charge in [0.1, 0.15) is 0 Å². The Morgan fingerprint density at radius 3 is 2.80 bits per heavy atom. The number of anilines is 1. The number of aromatic nitrogens is 2. The van der Waals surface area contributed by atoms with Gasteiger partial charge in [-0.1, -0.05) is 0 Å². The molecule has 0 atom stereocenters. The minimum absolute atomic E-state index is 0.0348. The van der Waals surface area contributed by atoms with Gasteiger partial charge in [-0.25, -0.2) is 0 Å². The summed E-state index contributed by atoms with van der Waals surface area (Å²) in [6.07, 6.45) is 1.91. The number of nitrogens with zero attached hydrogens (tertiary/aromatic N) is 2. The predicted octanol–water partition coefficient (Wildman–Crippen LogP) is -1.29. The summed E-state index contributed by atoms with van der Waals surface area (Å²) in [5, 5.41) is 12.2. The van der Waals surface area contributed by atoms with Crippen LogP contribution in [0.5, 0.6) is 0 Å². The van der Waals surface area contributed by atoms with E-state index in [4.69, 9.17) is 16.7 Å². The average Bonchev–Trinajstić information content (AvgIpc) is 2.20. The van der Waals surface area contributed by atoms with E-state index < -0.39 is 0 Å². The van der Waals surface area contributed by atoms with E-state index in [9.17, 15) is 0 Å². The van der Waals surface area contributed by atoms with Gasteiger partial charge in [0.15, 0.2) is 0 Å². The van der Waals surface area contributed by atoms with Crippen molar-refractivity contribution < 1.29 is 5.11 Å². The second-order valence-electron chi connectivity index (χ2n) is 1.96. The minimum Gasteiger partial charge on any atom is -0.396 e. The number of nitrogen functional groups attached to an aromatic ring is 2. The minimum atomic E-state index is 0.0348. The van der Waals surface area contributed by atoms with Crippen LogP contribution in [0, 0.1) is 0 Å².